The SMILES string of the molecule is COc1ccc(C(=O)Nc2cc3c4c(c2)CCC(=O)N4CCC3)cc1. The molecule has 2 aromatic carbocycles. The molecule has 0 saturated carbocycles. The van der Waals surface area contributed by atoms with E-state index in [9.17, 15) is 9.59 Å². The molecule has 1 N–H and O–H groups in total. The first-order chi connectivity index (χ1) is 12.2. The summed E-state index contributed by atoms with van der Waals surface area (Å²) in [6, 6.07) is 11.0. The van der Waals surface area contributed by atoms with E-state index in [4.69, 9.17) is 4.74 Å². The molecule has 5 heteroatoms. The van der Waals surface area contributed by atoms with Crippen LogP contribution >= 0.6 is 0 Å². The molecule has 0 aliphatic carbocycles. The topological polar surface area (TPSA) is 58.6 Å². The molecule has 2 amide bonds. The van der Waals surface area contributed by atoms with Crippen LogP contribution in [0.2, 0.25) is 0 Å². The fourth-order valence-electron chi connectivity index (χ4n) is 3.67. The maximum absolute atomic E-state index is 12.5. The second-order valence-electron chi connectivity index (χ2n) is 6.47. The molecule has 0 aromatic heterocycles. The third-order valence-corrected chi connectivity index (χ3v) is 4.88. The van der Waals surface area contributed by atoms with Gasteiger partial charge in [0.1, 0.15) is 5.75 Å². The van der Waals surface area contributed by atoms with Gasteiger partial charge in [0.2, 0.25) is 5.91 Å². The Morgan fingerprint density at radius 2 is 1.80 bits per heavy atom. The van der Waals surface area contributed by atoms with Crippen LogP contribution in [-0.2, 0) is 17.6 Å². The predicted octanol–water partition coefficient (Wildman–Crippen LogP) is 3.17. The Labute approximate surface area is 146 Å². The smallest absolute Gasteiger partial charge is 0.255 e. The van der Waals surface area contributed by atoms with Crippen molar-refractivity contribution < 1.29 is 14.3 Å². The zero-order valence-electron chi connectivity index (χ0n) is 14.2. The molecule has 2 aliphatic heterocycles. The Morgan fingerprint density at radius 3 is 2.52 bits per heavy atom. The van der Waals surface area contributed by atoms with Gasteiger partial charge >= 0.3 is 0 Å². The number of carbonyl (C=O) groups is 2. The molecule has 5 nitrogen and oxygen atoms in total. The summed E-state index contributed by atoms with van der Waals surface area (Å²) in [7, 11) is 1.60. The van der Waals surface area contributed by atoms with E-state index in [0.717, 1.165) is 54.1 Å². The van der Waals surface area contributed by atoms with Crippen LogP contribution in [0.4, 0.5) is 11.4 Å². The third-order valence-electron chi connectivity index (χ3n) is 4.88. The Morgan fingerprint density at radius 1 is 1.08 bits per heavy atom. The number of nitrogens with one attached hydrogen (secondary N) is 1. The number of methoxy groups -OCH3 is 1. The van der Waals surface area contributed by atoms with Gasteiger partial charge in [0.05, 0.1) is 12.8 Å². The summed E-state index contributed by atoms with van der Waals surface area (Å²) >= 11 is 0. The summed E-state index contributed by atoms with van der Waals surface area (Å²) in [6.07, 6.45) is 3.19. The highest BCUT2D eigenvalue weighted by Crippen LogP contribution is 2.37. The lowest BCUT2D eigenvalue weighted by Gasteiger charge is -2.35. The minimum atomic E-state index is -0.144. The van der Waals surface area contributed by atoms with E-state index in [2.05, 4.69) is 5.32 Å². The largest absolute Gasteiger partial charge is 0.497 e. The lowest BCUT2D eigenvalue weighted by molar-refractivity contribution is -0.119. The molecule has 25 heavy (non-hydrogen) atoms. The predicted molar refractivity (Wildman–Crippen MR) is 96.4 cm³/mol. The first-order valence-corrected chi connectivity index (χ1v) is 8.57. The standard InChI is InChI=1S/C20H20N2O3/c1-25-17-7-4-13(5-8-17)20(24)21-16-11-14-3-2-10-22-18(23)9-6-15(12-16)19(14)22/h4-5,7-8,11-12H,2-3,6,9-10H2,1H3,(H,21,24). The zero-order valence-corrected chi connectivity index (χ0v) is 14.2. The normalized spacial score (nSPS) is 15.6. The van der Waals surface area contributed by atoms with E-state index in [-0.39, 0.29) is 11.8 Å². The van der Waals surface area contributed by atoms with Crippen LogP contribution in [0.1, 0.15) is 34.3 Å². The number of ether oxygens (including phenoxy) is 1. The molecule has 0 atom stereocenters. The first-order valence-electron chi connectivity index (χ1n) is 8.57. The fourth-order valence-corrected chi connectivity index (χ4v) is 3.67. The van der Waals surface area contributed by atoms with Crippen molar-refractivity contribution in [2.24, 2.45) is 0 Å². The molecule has 0 fully saturated rings. The molecule has 0 saturated heterocycles. The average Bonchev–Trinajstić information content (AvgIpc) is 2.64. The van der Waals surface area contributed by atoms with Crippen molar-refractivity contribution in [1.29, 1.82) is 0 Å². The number of hydrogen-bond acceptors (Lipinski definition) is 3. The summed E-state index contributed by atoms with van der Waals surface area (Å²) in [5, 5.41) is 2.99. The van der Waals surface area contributed by atoms with Gasteiger partial charge in [-0.2, -0.15) is 0 Å². The number of carbonyl (C=O) groups excluding carboxylic acids is 2. The van der Waals surface area contributed by atoms with Crippen LogP contribution in [0.5, 0.6) is 5.75 Å². The monoisotopic (exact) mass is 336 g/mol. The lowest BCUT2D eigenvalue weighted by atomic mass is 9.91. The molecule has 4 rings (SSSR count). The van der Waals surface area contributed by atoms with Gasteiger partial charge in [0.25, 0.3) is 5.91 Å². The second kappa shape index (κ2) is 6.24. The number of aryl methyl sites for hydroxylation is 2. The lowest BCUT2D eigenvalue weighted by Crippen LogP contribution is -2.39. The molecule has 0 bridgehead atoms. The van der Waals surface area contributed by atoms with Crippen molar-refractivity contribution in [2.45, 2.75) is 25.7 Å². The van der Waals surface area contributed by atoms with Gasteiger partial charge in [0, 0.05) is 24.2 Å². The molecule has 2 aromatic rings. The highest BCUT2D eigenvalue weighted by atomic mass is 16.5. The van der Waals surface area contributed by atoms with Crippen molar-refractivity contribution in [3.05, 3.63) is 53.1 Å². The molecule has 0 unspecified atom stereocenters. The highest BCUT2D eigenvalue weighted by Gasteiger charge is 2.29. The van der Waals surface area contributed by atoms with Crippen LogP contribution in [-0.4, -0.2) is 25.5 Å². The molecule has 128 valence electrons. The molecular formula is C20H20N2O3. The van der Waals surface area contributed by atoms with Gasteiger partial charge in [0.15, 0.2) is 0 Å². The van der Waals surface area contributed by atoms with Crippen molar-refractivity contribution in [3.63, 3.8) is 0 Å². The van der Waals surface area contributed by atoms with Crippen LogP contribution in [0, 0.1) is 0 Å². The fraction of sp³-hybridized carbons (Fsp3) is 0.300. The van der Waals surface area contributed by atoms with Crippen molar-refractivity contribution in [2.75, 3.05) is 23.9 Å². The Kier molecular flexibility index (Phi) is 3.92. The Hall–Kier alpha value is -2.82. The van der Waals surface area contributed by atoms with E-state index >= 15 is 0 Å². The van der Waals surface area contributed by atoms with E-state index in [1.54, 1.807) is 31.4 Å². The van der Waals surface area contributed by atoms with Gasteiger partial charge in [-0.15, -0.1) is 0 Å². The van der Waals surface area contributed by atoms with Gasteiger partial charge in [-0.25, -0.2) is 0 Å². The van der Waals surface area contributed by atoms with E-state index in [0.29, 0.717) is 12.0 Å². The molecule has 2 aliphatic rings. The minimum Gasteiger partial charge on any atom is -0.497 e. The minimum absolute atomic E-state index is 0.144. The number of anilines is 2. The highest BCUT2D eigenvalue weighted by molar-refractivity contribution is 6.05. The molecule has 2 heterocycles. The Bertz CT molecular complexity index is 826. The van der Waals surface area contributed by atoms with Crippen molar-refractivity contribution in [1.82, 2.24) is 0 Å². The number of rotatable bonds is 3. The molecular weight excluding hydrogens is 316 g/mol. The van der Waals surface area contributed by atoms with Crippen molar-refractivity contribution in [3.8, 4) is 5.75 Å². The summed E-state index contributed by atoms with van der Waals surface area (Å²) in [4.78, 5) is 26.5. The van der Waals surface area contributed by atoms with E-state index in [1.807, 2.05) is 17.0 Å². The second-order valence-corrected chi connectivity index (χ2v) is 6.47. The Balaban J connectivity index is 1.61. The van der Waals surface area contributed by atoms with Gasteiger partial charge < -0.3 is 15.0 Å². The van der Waals surface area contributed by atoms with E-state index < -0.39 is 0 Å². The van der Waals surface area contributed by atoms with Crippen molar-refractivity contribution >= 4 is 23.2 Å². The molecule has 0 spiro atoms. The van der Waals surface area contributed by atoms with Crippen LogP contribution in [0.25, 0.3) is 0 Å². The maximum Gasteiger partial charge on any atom is 0.255 e. The summed E-state index contributed by atoms with van der Waals surface area (Å²) < 4.78 is 5.12. The van der Waals surface area contributed by atoms with Crippen LogP contribution in [0.3, 0.4) is 0 Å². The summed E-state index contributed by atoms with van der Waals surface area (Å²) in [6.45, 7) is 0.802. The van der Waals surface area contributed by atoms with Crippen LogP contribution in [0.15, 0.2) is 36.4 Å². The zero-order chi connectivity index (χ0) is 17.4. The quantitative estimate of drug-likeness (QED) is 0.936. The molecule has 0 radical (unpaired) electrons. The average molecular weight is 336 g/mol. The van der Waals surface area contributed by atoms with E-state index in [1.165, 1.54) is 0 Å². The van der Waals surface area contributed by atoms with Gasteiger partial charge in [-0.3, -0.25) is 9.59 Å². The number of nitrogens with zero attached hydrogens (tertiary/aromatic N) is 1. The summed E-state index contributed by atoms with van der Waals surface area (Å²) in [5.41, 5.74) is 4.77. The van der Waals surface area contributed by atoms with Gasteiger partial charge in [-0.1, -0.05) is 0 Å². The van der Waals surface area contributed by atoms with Gasteiger partial charge in [-0.05, 0) is 66.8 Å². The number of benzene rings is 2. The third kappa shape index (κ3) is 2.86. The number of amides is 2. The first kappa shape index (κ1) is 15.7. The summed E-state index contributed by atoms with van der Waals surface area (Å²) in [5.74, 6) is 0.789. The maximum atomic E-state index is 12.5. The number of hydrogen-bond donors (Lipinski definition) is 1. The van der Waals surface area contributed by atoms with Crippen LogP contribution < -0.4 is 15.0 Å².